The fourth-order valence-electron chi connectivity index (χ4n) is 2.96. The zero-order chi connectivity index (χ0) is 21.8. The van der Waals surface area contributed by atoms with Gasteiger partial charge in [-0.3, -0.25) is 0 Å². The van der Waals surface area contributed by atoms with Gasteiger partial charge in [0, 0.05) is 11.3 Å². The number of amides is 2. The van der Waals surface area contributed by atoms with Crippen molar-refractivity contribution < 1.29 is 18.4 Å². The summed E-state index contributed by atoms with van der Waals surface area (Å²) in [5.41, 5.74) is 3.19. The molecule has 3 N–H and O–H groups in total. The van der Waals surface area contributed by atoms with Gasteiger partial charge in [0.25, 0.3) is 10.0 Å². The van der Waals surface area contributed by atoms with Crippen LogP contribution in [0.25, 0.3) is 0 Å². The highest BCUT2D eigenvalue weighted by molar-refractivity contribution is 7.90. The molecule has 2 rings (SSSR count). The summed E-state index contributed by atoms with van der Waals surface area (Å²) < 4.78 is 27.4. The molecule has 29 heavy (non-hydrogen) atoms. The maximum Gasteiger partial charge on any atom is 0.333 e. The predicted molar refractivity (Wildman–Crippen MR) is 114 cm³/mol. The molecule has 0 fully saturated rings. The van der Waals surface area contributed by atoms with Gasteiger partial charge < -0.3 is 10.5 Å². The van der Waals surface area contributed by atoms with E-state index < -0.39 is 16.1 Å². The first-order chi connectivity index (χ1) is 13.6. The Labute approximate surface area is 171 Å². The number of carbonyl (C=O) groups is 1. The van der Waals surface area contributed by atoms with E-state index in [0.717, 1.165) is 11.1 Å². The van der Waals surface area contributed by atoms with Crippen LogP contribution in [0.5, 0.6) is 0 Å². The molecule has 0 atom stereocenters. The highest BCUT2D eigenvalue weighted by atomic mass is 32.2. The van der Waals surface area contributed by atoms with Crippen LogP contribution < -0.4 is 10.0 Å². The Bertz CT molecular complexity index is 1000. The number of carbonyl (C=O) groups excluding carboxylic acids is 1. The Balaban J connectivity index is 2.32. The summed E-state index contributed by atoms with van der Waals surface area (Å²) in [4.78, 5) is 12.5. The van der Waals surface area contributed by atoms with Gasteiger partial charge in [-0.1, -0.05) is 63.2 Å². The fourth-order valence-corrected chi connectivity index (χ4v) is 3.91. The SMILES string of the molecule is C/C(=N\O)c1cccc(S(=O)(=O)NC(=O)Nc2c(C(C)C)cccc2C(C)C)c1. The van der Waals surface area contributed by atoms with Crippen LogP contribution in [0.1, 0.15) is 63.1 Å². The number of nitrogens with one attached hydrogen (secondary N) is 2. The van der Waals surface area contributed by atoms with Crippen molar-refractivity contribution in [1.82, 2.24) is 4.72 Å². The first kappa shape index (κ1) is 22.4. The van der Waals surface area contributed by atoms with Crippen molar-refractivity contribution in [3.63, 3.8) is 0 Å². The molecular formula is C21H27N3O4S. The molecule has 0 saturated heterocycles. The smallest absolute Gasteiger partial charge is 0.333 e. The number of para-hydroxylation sites is 1. The molecule has 2 amide bonds. The lowest BCUT2D eigenvalue weighted by atomic mass is 9.93. The number of sulfonamides is 1. The van der Waals surface area contributed by atoms with Crippen LogP contribution in [0.4, 0.5) is 10.5 Å². The average Bonchev–Trinajstić information content (AvgIpc) is 2.66. The van der Waals surface area contributed by atoms with Gasteiger partial charge in [-0.2, -0.15) is 0 Å². The Kier molecular flexibility index (Phi) is 7.02. The number of rotatable bonds is 6. The quantitative estimate of drug-likeness (QED) is 0.361. The summed E-state index contributed by atoms with van der Waals surface area (Å²) in [7, 11) is -4.11. The van der Waals surface area contributed by atoms with Crippen molar-refractivity contribution >= 4 is 27.5 Å². The van der Waals surface area contributed by atoms with Crippen molar-refractivity contribution in [1.29, 1.82) is 0 Å². The van der Waals surface area contributed by atoms with Gasteiger partial charge in [-0.25, -0.2) is 17.9 Å². The van der Waals surface area contributed by atoms with Gasteiger partial charge in [-0.15, -0.1) is 0 Å². The lowest BCUT2D eigenvalue weighted by molar-refractivity contribution is 0.256. The Morgan fingerprint density at radius 3 is 2.07 bits per heavy atom. The molecule has 156 valence electrons. The van der Waals surface area contributed by atoms with E-state index in [-0.39, 0.29) is 22.4 Å². The summed E-state index contributed by atoms with van der Waals surface area (Å²) in [5, 5.41) is 14.7. The molecule has 2 aromatic carbocycles. The third-order valence-corrected chi connectivity index (χ3v) is 5.88. The van der Waals surface area contributed by atoms with E-state index in [9.17, 15) is 13.2 Å². The number of anilines is 1. The van der Waals surface area contributed by atoms with Gasteiger partial charge in [0.15, 0.2) is 0 Å². The Morgan fingerprint density at radius 1 is 1.00 bits per heavy atom. The highest BCUT2D eigenvalue weighted by Gasteiger charge is 2.21. The molecule has 0 saturated carbocycles. The van der Waals surface area contributed by atoms with Crippen LogP contribution in [-0.2, 0) is 10.0 Å². The van der Waals surface area contributed by atoms with E-state index in [2.05, 4.69) is 15.2 Å². The molecule has 0 unspecified atom stereocenters. The van der Waals surface area contributed by atoms with Crippen molar-refractivity contribution in [2.24, 2.45) is 5.16 Å². The number of hydrogen-bond donors (Lipinski definition) is 3. The normalized spacial score (nSPS) is 12.3. The van der Waals surface area contributed by atoms with Crippen molar-refractivity contribution in [3.8, 4) is 0 Å². The summed E-state index contributed by atoms with van der Waals surface area (Å²) in [6.45, 7) is 9.58. The molecular weight excluding hydrogens is 390 g/mol. The third kappa shape index (κ3) is 5.35. The Morgan fingerprint density at radius 2 is 1.55 bits per heavy atom. The molecule has 0 spiro atoms. The molecule has 0 aliphatic carbocycles. The Hall–Kier alpha value is -2.87. The van der Waals surface area contributed by atoms with Gasteiger partial charge in [0.1, 0.15) is 0 Å². The first-order valence-electron chi connectivity index (χ1n) is 9.32. The van der Waals surface area contributed by atoms with Crippen LogP contribution in [0.2, 0.25) is 0 Å². The highest BCUT2D eigenvalue weighted by Crippen LogP contribution is 2.32. The average molecular weight is 418 g/mol. The van der Waals surface area contributed by atoms with E-state index in [1.54, 1.807) is 13.0 Å². The zero-order valence-electron chi connectivity index (χ0n) is 17.2. The second-order valence-electron chi connectivity index (χ2n) is 7.39. The molecule has 0 heterocycles. The van der Waals surface area contributed by atoms with Gasteiger partial charge >= 0.3 is 6.03 Å². The van der Waals surface area contributed by atoms with E-state index in [0.29, 0.717) is 11.3 Å². The van der Waals surface area contributed by atoms with E-state index in [1.807, 2.05) is 45.9 Å². The standard InChI is InChI=1S/C21H27N3O4S/c1-13(2)18-10-7-11-19(14(3)4)20(18)22-21(25)24-29(27,28)17-9-6-8-16(12-17)15(5)23-26/h6-14,26H,1-5H3,(H2,22,24,25)/b23-15+. The predicted octanol–water partition coefficient (Wildman–Crippen LogP) is 4.64. The van der Waals surface area contributed by atoms with Crippen LogP contribution in [0.15, 0.2) is 52.5 Å². The minimum atomic E-state index is -4.11. The second-order valence-corrected chi connectivity index (χ2v) is 9.08. The summed E-state index contributed by atoms with van der Waals surface area (Å²) in [5.74, 6) is 0.302. The molecule has 8 heteroatoms. The maximum absolute atomic E-state index is 12.7. The number of hydrogen-bond acceptors (Lipinski definition) is 5. The van der Waals surface area contributed by atoms with Crippen molar-refractivity contribution in [2.45, 2.75) is 51.3 Å². The van der Waals surface area contributed by atoms with Gasteiger partial charge in [-0.05, 0) is 42.0 Å². The molecule has 7 nitrogen and oxygen atoms in total. The van der Waals surface area contributed by atoms with Gasteiger partial charge in [0.2, 0.25) is 0 Å². The first-order valence-corrected chi connectivity index (χ1v) is 10.8. The summed E-state index contributed by atoms with van der Waals surface area (Å²) in [6, 6.07) is 10.8. The lowest BCUT2D eigenvalue weighted by Crippen LogP contribution is -2.35. The number of nitrogens with zero attached hydrogens (tertiary/aromatic N) is 1. The molecule has 0 bridgehead atoms. The van der Waals surface area contributed by atoms with E-state index >= 15 is 0 Å². The zero-order valence-corrected chi connectivity index (χ0v) is 18.0. The molecule has 2 aromatic rings. The fraction of sp³-hybridized carbons (Fsp3) is 0.333. The van der Waals surface area contributed by atoms with E-state index in [1.165, 1.54) is 18.2 Å². The van der Waals surface area contributed by atoms with Crippen LogP contribution in [0, 0.1) is 0 Å². The van der Waals surface area contributed by atoms with Crippen molar-refractivity contribution in [2.75, 3.05) is 5.32 Å². The van der Waals surface area contributed by atoms with Crippen LogP contribution in [0.3, 0.4) is 0 Å². The minimum absolute atomic E-state index is 0.102. The van der Waals surface area contributed by atoms with Crippen molar-refractivity contribution in [3.05, 3.63) is 59.2 Å². The van der Waals surface area contributed by atoms with Crippen LogP contribution >= 0.6 is 0 Å². The monoisotopic (exact) mass is 417 g/mol. The number of oxime groups is 1. The largest absolute Gasteiger partial charge is 0.411 e. The number of benzene rings is 2. The molecule has 0 aliphatic rings. The second kappa shape index (κ2) is 9.09. The summed E-state index contributed by atoms with van der Waals surface area (Å²) in [6.07, 6.45) is 0. The molecule has 0 aromatic heterocycles. The van der Waals surface area contributed by atoms with E-state index in [4.69, 9.17) is 5.21 Å². The maximum atomic E-state index is 12.7. The lowest BCUT2D eigenvalue weighted by Gasteiger charge is -2.20. The minimum Gasteiger partial charge on any atom is -0.411 e. The third-order valence-electron chi connectivity index (χ3n) is 4.55. The van der Waals surface area contributed by atoms with Crippen LogP contribution in [-0.4, -0.2) is 25.4 Å². The topological polar surface area (TPSA) is 108 Å². The number of urea groups is 1. The molecule has 0 radical (unpaired) electrons. The summed E-state index contributed by atoms with van der Waals surface area (Å²) >= 11 is 0. The van der Waals surface area contributed by atoms with Gasteiger partial charge in [0.05, 0.1) is 10.6 Å². The molecule has 0 aliphatic heterocycles.